The van der Waals surface area contributed by atoms with Gasteiger partial charge in [-0.1, -0.05) is 20.1 Å². The maximum atomic E-state index is 12.1. The molecule has 0 aromatic heterocycles. The first-order valence-electron chi connectivity index (χ1n) is 3.64. The van der Waals surface area contributed by atoms with Crippen LogP contribution in [0.5, 0.6) is 0 Å². The molecule has 0 atom stereocenters. The van der Waals surface area contributed by atoms with E-state index in [1.54, 1.807) is 6.92 Å². The second kappa shape index (κ2) is 4.16. The Kier molecular flexibility index (Phi) is 3.78. The maximum absolute atomic E-state index is 12.1. The molecule has 1 N–H and O–H groups in total. The minimum absolute atomic E-state index is 0.0556. The number of aliphatic hydroxyl groups is 1. The lowest BCUT2D eigenvalue weighted by molar-refractivity contribution is -0.0891. The summed E-state index contributed by atoms with van der Waals surface area (Å²) in [6, 6.07) is 0. The molecule has 1 nitrogen and oxygen atoms in total. The average molecular weight is 192 g/mol. The lowest BCUT2D eigenvalue weighted by Crippen LogP contribution is -2.12. The Balaban J connectivity index is 4.81. The Labute approximate surface area is 74.9 Å². The van der Waals surface area contributed by atoms with E-state index in [4.69, 9.17) is 5.11 Å². The van der Waals surface area contributed by atoms with Crippen molar-refractivity contribution in [1.82, 2.24) is 0 Å². The summed E-state index contributed by atoms with van der Waals surface area (Å²) in [5.74, 6) is -0.401. The molecule has 0 saturated carbocycles. The fraction of sp³-hybridized carbons (Fsp3) is 0.333. The smallest absolute Gasteiger partial charge is 0.416 e. The molecule has 0 bridgehead atoms. The summed E-state index contributed by atoms with van der Waals surface area (Å²) in [5, 5.41) is 8.69. The number of aliphatic hydroxyl groups excluding tert-OH is 1. The standard InChI is InChI=1S/C9H11F3O/c1-4-8(5-6(2)13)7(3)9(10,11)12/h5,13H,2-4H2,1H3/b8-5-. The van der Waals surface area contributed by atoms with Gasteiger partial charge in [-0.05, 0) is 18.1 Å². The van der Waals surface area contributed by atoms with Gasteiger partial charge in [0.1, 0.15) is 5.76 Å². The van der Waals surface area contributed by atoms with Crippen molar-refractivity contribution < 1.29 is 18.3 Å². The summed E-state index contributed by atoms with van der Waals surface area (Å²) in [4.78, 5) is 0. The molecular formula is C9H11F3O. The highest BCUT2D eigenvalue weighted by Gasteiger charge is 2.33. The third-order valence-electron chi connectivity index (χ3n) is 1.45. The van der Waals surface area contributed by atoms with Crippen LogP contribution in [0, 0.1) is 0 Å². The SMILES string of the molecule is C=C(O)/C=C(/CC)C(=C)C(F)(F)F. The van der Waals surface area contributed by atoms with E-state index in [1.165, 1.54) is 0 Å². The summed E-state index contributed by atoms with van der Waals surface area (Å²) in [5.41, 5.74) is -0.995. The van der Waals surface area contributed by atoms with E-state index in [9.17, 15) is 13.2 Å². The molecule has 0 aromatic rings. The van der Waals surface area contributed by atoms with Gasteiger partial charge >= 0.3 is 6.18 Å². The number of halogens is 3. The monoisotopic (exact) mass is 192 g/mol. The molecule has 0 heterocycles. The first kappa shape index (κ1) is 11.8. The highest BCUT2D eigenvalue weighted by atomic mass is 19.4. The van der Waals surface area contributed by atoms with Crippen LogP contribution in [-0.2, 0) is 0 Å². The van der Waals surface area contributed by atoms with Crippen molar-refractivity contribution in [3.63, 3.8) is 0 Å². The average Bonchev–Trinajstić information content (AvgIpc) is 1.96. The highest BCUT2D eigenvalue weighted by Crippen LogP contribution is 2.31. The van der Waals surface area contributed by atoms with Crippen molar-refractivity contribution in [3.05, 3.63) is 36.1 Å². The van der Waals surface area contributed by atoms with Gasteiger partial charge in [-0.15, -0.1) is 0 Å². The molecule has 0 unspecified atom stereocenters. The van der Waals surface area contributed by atoms with E-state index in [-0.39, 0.29) is 12.0 Å². The summed E-state index contributed by atoms with van der Waals surface area (Å²) >= 11 is 0. The van der Waals surface area contributed by atoms with Crippen LogP contribution in [0.3, 0.4) is 0 Å². The molecule has 74 valence electrons. The zero-order chi connectivity index (χ0) is 10.6. The Morgan fingerprint density at radius 1 is 1.38 bits per heavy atom. The van der Waals surface area contributed by atoms with Crippen molar-refractivity contribution in [1.29, 1.82) is 0 Å². The minimum atomic E-state index is -4.45. The van der Waals surface area contributed by atoms with Gasteiger partial charge in [0.15, 0.2) is 0 Å². The zero-order valence-corrected chi connectivity index (χ0v) is 7.28. The van der Waals surface area contributed by atoms with Crippen molar-refractivity contribution >= 4 is 0 Å². The number of alkyl halides is 3. The molecule has 4 heteroatoms. The van der Waals surface area contributed by atoms with Crippen LogP contribution in [0.1, 0.15) is 13.3 Å². The van der Waals surface area contributed by atoms with Gasteiger partial charge in [-0.25, -0.2) is 0 Å². The van der Waals surface area contributed by atoms with Crippen LogP contribution >= 0.6 is 0 Å². The second-order valence-corrected chi connectivity index (χ2v) is 2.49. The van der Waals surface area contributed by atoms with E-state index >= 15 is 0 Å². The molecule has 0 aliphatic carbocycles. The number of hydrogen-bond donors (Lipinski definition) is 1. The van der Waals surface area contributed by atoms with Gasteiger partial charge in [0.05, 0.1) is 5.57 Å². The van der Waals surface area contributed by atoms with Crippen LogP contribution < -0.4 is 0 Å². The minimum Gasteiger partial charge on any atom is -0.509 e. The van der Waals surface area contributed by atoms with E-state index < -0.39 is 17.5 Å². The van der Waals surface area contributed by atoms with Crippen LogP contribution in [0.4, 0.5) is 13.2 Å². The third kappa shape index (κ3) is 3.83. The Bertz CT molecular complexity index is 248. The summed E-state index contributed by atoms with van der Waals surface area (Å²) in [6.07, 6.45) is -3.33. The molecule has 0 aliphatic rings. The molecule has 0 fully saturated rings. The quantitative estimate of drug-likeness (QED) is 0.535. The first-order chi connectivity index (χ1) is 5.79. The first-order valence-corrected chi connectivity index (χ1v) is 3.64. The molecule has 0 aliphatic heterocycles. The molecular weight excluding hydrogens is 181 g/mol. The zero-order valence-electron chi connectivity index (χ0n) is 7.28. The van der Waals surface area contributed by atoms with Crippen LogP contribution in [0.25, 0.3) is 0 Å². The highest BCUT2D eigenvalue weighted by molar-refractivity contribution is 5.35. The predicted molar refractivity (Wildman–Crippen MR) is 45.3 cm³/mol. The largest absolute Gasteiger partial charge is 0.509 e. The normalized spacial score (nSPS) is 12.8. The number of allylic oxidation sites excluding steroid dienone is 3. The maximum Gasteiger partial charge on any atom is 0.416 e. The Morgan fingerprint density at radius 3 is 2.08 bits per heavy atom. The summed E-state index contributed by atoms with van der Waals surface area (Å²) in [7, 11) is 0. The lowest BCUT2D eigenvalue weighted by atomic mass is 10.0. The van der Waals surface area contributed by atoms with Gasteiger partial charge in [0.25, 0.3) is 0 Å². The van der Waals surface area contributed by atoms with Crippen molar-refractivity contribution in [2.24, 2.45) is 0 Å². The van der Waals surface area contributed by atoms with Crippen LogP contribution in [0.2, 0.25) is 0 Å². The predicted octanol–water partition coefficient (Wildman–Crippen LogP) is 3.51. The summed E-state index contributed by atoms with van der Waals surface area (Å²) in [6.45, 7) is 7.53. The lowest BCUT2D eigenvalue weighted by Gasteiger charge is -2.12. The molecule has 0 aromatic carbocycles. The van der Waals surface area contributed by atoms with Gasteiger partial charge in [0.2, 0.25) is 0 Å². The molecule has 0 spiro atoms. The molecule has 0 saturated heterocycles. The summed E-state index contributed by atoms with van der Waals surface area (Å²) < 4.78 is 36.3. The topological polar surface area (TPSA) is 20.2 Å². The van der Waals surface area contributed by atoms with E-state index in [0.717, 1.165) is 6.08 Å². The molecule has 0 radical (unpaired) electrons. The molecule has 0 rings (SSSR count). The number of hydrogen-bond acceptors (Lipinski definition) is 1. The Morgan fingerprint density at radius 2 is 1.85 bits per heavy atom. The van der Waals surface area contributed by atoms with Gasteiger partial charge in [-0.2, -0.15) is 13.2 Å². The van der Waals surface area contributed by atoms with E-state index in [2.05, 4.69) is 13.2 Å². The Hall–Kier alpha value is -1.19. The second-order valence-electron chi connectivity index (χ2n) is 2.49. The van der Waals surface area contributed by atoms with E-state index in [0.29, 0.717) is 0 Å². The van der Waals surface area contributed by atoms with Gasteiger partial charge in [0, 0.05) is 0 Å². The fourth-order valence-electron chi connectivity index (χ4n) is 0.786. The van der Waals surface area contributed by atoms with Gasteiger partial charge < -0.3 is 5.11 Å². The third-order valence-corrected chi connectivity index (χ3v) is 1.45. The van der Waals surface area contributed by atoms with Crippen LogP contribution in [0.15, 0.2) is 36.1 Å². The fourth-order valence-corrected chi connectivity index (χ4v) is 0.786. The van der Waals surface area contributed by atoms with E-state index in [1.807, 2.05) is 0 Å². The number of rotatable bonds is 3. The van der Waals surface area contributed by atoms with Crippen molar-refractivity contribution in [2.75, 3.05) is 0 Å². The van der Waals surface area contributed by atoms with Crippen molar-refractivity contribution in [3.8, 4) is 0 Å². The van der Waals surface area contributed by atoms with Crippen LogP contribution in [-0.4, -0.2) is 11.3 Å². The van der Waals surface area contributed by atoms with Crippen molar-refractivity contribution in [2.45, 2.75) is 19.5 Å². The van der Waals surface area contributed by atoms with Gasteiger partial charge in [-0.3, -0.25) is 0 Å². The molecule has 13 heavy (non-hydrogen) atoms. The molecule has 0 amide bonds.